The highest BCUT2D eigenvalue weighted by atomic mass is 14.8. The van der Waals surface area contributed by atoms with Gasteiger partial charge in [0.05, 0.1) is 0 Å². The predicted octanol–water partition coefficient (Wildman–Crippen LogP) is 3.97. The summed E-state index contributed by atoms with van der Waals surface area (Å²) in [5.41, 5.74) is 7.49. The van der Waals surface area contributed by atoms with Gasteiger partial charge in [-0.3, -0.25) is 0 Å². The molecule has 0 aromatic rings. The third-order valence-electron chi connectivity index (χ3n) is 5.96. The lowest BCUT2D eigenvalue weighted by molar-refractivity contribution is 0.311. The minimum Gasteiger partial charge on any atom is -0.327 e. The van der Waals surface area contributed by atoms with Crippen LogP contribution in [0.4, 0.5) is 0 Å². The molecule has 0 spiro atoms. The van der Waals surface area contributed by atoms with Crippen molar-refractivity contribution in [2.24, 2.45) is 28.4 Å². The molecule has 94 valence electrons. The third kappa shape index (κ3) is 1.81. The summed E-state index contributed by atoms with van der Waals surface area (Å²) in [4.78, 5) is 0. The van der Waals surface area contributed by atoms with Gasteiger partial charge in [-0.25, -0.2) is 0 Å². The van der Waals surface area contributed by atoms with E-state index < -0.39 is 0 Å². The van der Waals surface area contributed by atoms with Gasteiger partial charge in [0.15, 0.2) is 0 Å². The van der Waals surface area contributed by atoms with Gasteiger partial charge in [0.25, 0.3) is 0 Å². The third-order valence-corrected chi connectivity index (χ3v) is 5.96. The van der Waals surface area contributed by atoms with E-state index in [9.17, 15) is 0 Å². The SMILES string of the molecule is CC1(C)C(C(N)C2CCCCCC2)C1(C)C. The number of hydrogen-bond donors (Lipinski definition) is 1. The molecule has 0 amide bonds. The van der Waals surface area contributed by atoms with Crippen molar-refractivity contribution in [3.05, 3.63) is 0 Å². The van der Waals surface area contributed by atoms with Gasteiger partial charge in [-0.05, 0) is 35.5 Å². The first kappa shape index (κ1) is 12.4. The minimum atomic E-state index is 0.447. The molecule has 1 heteroatoms. The molecule has 2 aliphatic carbocycles. The zero-order valence-electron chi connectivity index (χ0n) is 11.6. The fourth-order valence-corrected chi connectivity index (χ4v) is 4.18. The van der Waals surface area contributed by atoms with Gasteiger partial charge in [0.1, 0.15) is 0 Å². The zero-order chi connectivity index (χ0) is 12.0. The van der Waals surface area contributed by atoms with Crippen molar-refractivity contribution in [2.45, 2.75) is 72.3 Å². The van der Waals surface area contributed by atoms with Crippen molar-refractivity contribution >= 4 is 0 Å². The Bertz CT molecular complexity index is 232. The highest BCUT2D eigenvalue weighted by Gasteiger charge is 2.67. The summed E-state index contributed by atoms with van der Waals surface area (Å²) < 4.78 is 0. The lowest BCUT2D eigenvalue weighted by Crippen LogP contribution is -2.34. The van der Waals surface area contributed by atoms with Crippen LogP contribution in [-0.2, 0) is 0 Å². The molecule has 2 fully saturated rings. The molecule has 1 unspecified atom stereocenters. The van der Waals surface area contributed by atoms with Crippen molar-refractivity contribution < 1.29 is 0 Å². The van der Waals surface area contributed by atoms with Gasteiger partial charge < -0.3 is 5.73 Å². The predicted molar refractivity (Wildman–Crippen MR) is 70.2 cm³/mol. The van der Waals surface area contributed by atoms with Crippen molar-refractivity contribution in [1.82, 2.24) is 0 Å². The highest BCUT2D eigenvalue weighted by Crippen LogP contribution is 2.70. The van der Waals surface area contributed by atoms with Crippen molar-refractivity contribution in [3.8, 4) is 0 Å². The Kier molecular flexibility index (Phi) is 3.11. The summed E-state index contributed by atoms with van der Waals surface area (Å²) in [7, 11) is 0. The smallest absolute Gasteiger partial charge is 0.0106 e. The van der Waals surface area contributed by atoms with Gasteiger partial charge in [0, 0.05) is 6.04 Å². The van der Waals surface area contributed by atoms with E-state index in [0.29, 0.717) is 16.9 Å². The monoisotopic (exact) mass is 223 g/mol. The Labute approximate surface area is 101 Å². The summed E-state index contributed by atoms with van der Waals surface area (Å²) in [6, 6.07) is 0.447. The molecule has 0 saturated heterocycles. The first-order valence-electron chi connectivity index (χ1n) is 7.14. The molecule has 1 nitrogen and oxygen atoms in total. The highest BCUT2D eigenvalue weighted by molar-refractivity contribution is 5.16. The topological polar surface area (TPSA) is 26.0 Å². The second-order valence-electron chi connectivity index (χ2n) is 7.25. The summed E-state index contributed by atoms with van der Waals surface area (Å²) in [6.45, 7) is 9.59. The molecule has 1 atom stereocenters. The van der Waals surface area contributed by atoms with E-state index in [4.69, 9.17) is 5.73 Å². The van der Waals surface area contributed by atoms with E-state index >= 15 is 0 Å². The van der Waals surface area contributed by atoms with Crippen molar-refractivity contribution in [3.63, 3.8) is 0 Å². The number of hydrogen-bond acceptors (Lipinski definition) is 1. The van der Waals surface area contributed by atoms with Crippen LogP contribution in [0.1, 0.15) is 66.2 Å². The van der Waals surface area contributed by atoms with Crippen molar-refractivity contribution in [1.29, 1.82) is 0 Å². The molecule has 2 saturated carbocycles. The molecule has 0 heterocycles. The molecule has 0 aromatic heterocycles. The van der Waals surface area contributed by atoms with E-state index in [-0.39, 0.29) is 0 Å². The maximum absolute atomic E-state index is 6.57. The molecule has 0 radical (unpaired) electrons. The number of rotatable bonds is 2. The molecule has 2 N–H and O–H groups in total. The van der Waals surface area contributed by atoms with Gasteiger partial charge in [-0.1, -0.05) is 53.4 Å². The molecule has 2 rings (SSSR count). The lowest BCUT2D eigenvalue weighted by atomic mass is 9.86. The Morgan fingerprint density at radius 2 is 1.31 bits per heavy atom. The van der Waals surface area contributed by atoms with Crippen LogP contribution in [0.2, 0.25) is 0 Å². The molecular formula is C15H29N. The Balaban J connectivity index is 2.00. The van der Waals surface area contributed by atoms with E-state index in [2.05, 4.69) is 27.7 Å². The largest absolute Gasteiger partial charge is 0.327 e. The van der Waals surface area contributed by atoms with Crippen molar-refractivity contribution in [2.75, 3.05) is 0 Å². The van der Waals surface area contributed by atoms with E-state index in [1.54, 1.807) is 0 Å². The van der Waals surface area contributed by atoms with Gasteiger partial charge in [-0.15, -0.1) is 0 Å². The molecular weight excluding hydrogens is 194 g/mol. The first-order valence-corrected chi connectivity index (χ1v) is 7.14. The first-order chi connectivity index (χ1) is 7.39. The second kappa shape index (κ2) is 4.01. The molecule has 16 heavy (non-hydrogen) atoms. The fraction of sp³-hybridized carbons (Fsp3) is 1.00. The maximum atomic E-state index is 6.57. The van der Waals surface area contributed by atoms with Gasteiger partial charge >= 0.3 is 0 Å². The Hall–Kier alpha value is -0.0400. The van der Waals surface area contributed by atoms with E-state index in [1.807, 2.05) is 0 Å². The molecule has 0 aliphatic heterocycles. The normalized spacial score (nSPS) is 32.1. The summed E-state index contributed by atoms with van der Waals surface area (Å²) >= 11 is 0. The standard InChI is InChI=1S/C15H29N/c1-14(2)13(15(14,3)4)12(16)11-9-7-5-6-8-10-11/h11-13H,5-10,16H2,1-4H3. The Morgan fingerprint density at radius 3 is 1.69 bits per heavy atom. The average Bonchev–Trinajstić information content (AvgIpc) is 2.73. The van der Waals surface area contributed by atoms with Gasteiger partial charge in [-0.2, -0.15) is 0 Å². The Morgan fingerprint density at radius 1 is 0.875 bits per heavy atom. The maximum Gasteiger partial charge on any atom is 0.0106 e. The van der Waals surface area contributed by atoms with Crippen LogP contribution in [0.3, 0.4) is 0 Å². The molecule has 2 aliphatic rings. The fourth-order valence-electron chi connectivity index (χ4n) is 4.18. The second-order valence-corrected chi connectivity index (χ2v) is 7.25. The summed E-state index contributed by atoms with van der Waals surface area (Å²) in [5, 5.41) is 0. The lowest BCUT2D eigenvalue weighted by Gasteiger charge is -2.24. The zero-order valence-corrected chi connectivity index (χ0v) is 11.6. The summed E-state index contributed by atoms with van der Waals surface area (Å²) in [5.74, 6) is 1.54. The van der Waals surface area contributed by atoms with E-state index in [0.717, 1.165) is 11.8 Å². The van der Waals surface area contributed by atoms with Crippen LogP contribution in [0.5, 0.6) is 0 Å². The quantitative estimate of drug-likeness (QED) is 0.704. The van der Waals surface area contributed by atoms with Crippen LogP contribution in [0.15, 0.2) is 0 Å². The van der Waals surface area contributed by atoms with Crippen LogP contribution >= 0.6 is 0 Å². The summed E-state index contributed by atoms with van der Waals surface area (Å²) in [6.07, 6.45) is 8.44. The van der Waals surface area contributed by atoms with Crippen LogP contribution in [0, 0.1) is 22.7 Å². The molecule has 0 aromatic carbocycles. The van der Waals surface area contributed by atoms with Crippen LogP contribution in [0.25, 0.3) is 0 Å². The van der Waals surface area contributed by atoms with Crippen LogP contribution in [-0.4, -0.2) is 6.04 Å². The van der Waals surface area contributed by atoms with Gasteiger partial charge in [0.2, 0.25) is 0 Å². The average molecular weight is 223 g/mol. The number of nitrogens with two attached hydrogens (primary N) is 1. The minimum absolute atomic E-state index is 0.447. The van der Waals surface area contributed by atoms with E-state index in [1.165, 1.54) is 38.5 Å². The molecule has 0 bridgehead atoms. The van der Waals surface area contributed by atoms with Crippen LogP contribution < -0.4 is 5.73 Å².